The lowest BCUT2D eigenvalue weighted by Crippen LogP contribution is -2.46. The number of rotatable bonds is 2. The Morgan fingerprint density at radius 2 is 1.96 bits per heavy atom. The molecule has 120 valence electrons. The van der Waals surface area contributed by atoms with Crippen LogP contribution in [0.3, 0.4) is 0 Å². The average Bonchev–Trinajstić information content (AvgIpc) is 2.94. The molecule has 4 rings (SSSR count). The summed E-state index contributed by atoms with van der Waals surface area (Å²) >= 11 is 0. The third-order valence-corrected chi connectivity index (χ3v) is 4.67. The molecule has 0 bridgehead atoms. The molecule has 1 spiro atoms. The van der Waals surface area contributed by atoms with Gasteiger partial charge in [-0.3, -0.25) is 0 Å². The lowest BCUT2D eigenvalue weighted by atomic mass is 9.83. The smallest absolute Gasteiger partial charge is 0.161 e. The first-order chi connectivity index (χ1) is 11.2. The van der Waals surface area contributed by atoms with E-state index in [0.717, 1.165) is 17.7 Å². The first-order valence-corrected chi connectivity index (χ1v) is 7.59. The van der Waals surface area contributed by atoms with Gasteiger partial charge in [0.25, 0.3) is 0 Å². The normalized spacial score (nSPS) is 21.5. The molecule has 0 aromatic heterocycles. The minimum atomic E-state index is -0.600. The molecule has 4 nitrogen and oxygen atoms in total. The summed E-state index contributed by atoms with van der Waals surface area (Å²) in [7, 11) is 3.23. The predicted molar refractivity (Wildman–Crippen MR) is 83.7 cm³/mol. The van der Waals surface area contributed by atoms with Crippen molar-refractivity contribution in [3.05, 3.63) is 52.8 Å². The van der Waals surface area contributed by atoms with Gasteiger partial charge in [0.05, 0.1) is 14.2 Å². The maximum Gasteiger partial charge on any atom is 0.161 e. The van der Waals surface area contributed by atoms with Gasteiger partial charge in [0.15, 0.2) is 17.1 Å². The lowest BCUT2D eigenvalue weighted by Gasteiger charge is -2.36. The topological polar surface area (TPSA) is 39.7 Å². The second kappa shape index (κ2) is 5.13. The number of ether oxygens (including phenoxy) is 3. The molecule has 2 aromatic rings. The quantitative estimate of drug-likeness (QED) is 0.925. The van der Waals surface area contributed by atoms with Crippen LogP contribution in [0.15, 0.2) is 30.3 Å². The predicted octanol–water partition coefficient (Wildman–Crippen LogP) is 2.78. The molecule has 1 atom stereocenters. The summed E-state index contributed by atoms with van der Waals surface area (Å²) in [5.74, 6) is 1.75. The molecule has 0 aliphatic carbocycles. The SMILES string of the molecule is COc1cc2c(cc1OC)C1(CNC2)Cc2c(F)cccc2O1. The monoisotopic (exact) mass is 315 g/mol. The van der Waals surface area contributed by atoms with Crippen LogP contribution in [0.1, 0.15) is 16.7 Å². The summed E-state index contributed by atoms with van der Waals surface area (Å²) < 4.78 is 31.2. The highest BCUT2D eigenvalue weighted by Crippen LogP contribution is 2.46. The van der Waals surface area contributed by atoms with E-state index in [1.165, 1.54) is 6.07 Å². The van der Waals surface area contributed by atoms with Crippen LogP contribution in [-0.2, 0) is 18.6 Å². The lowest BCUT2D eigenvalue weighted by molar-refractivity contribution is 0.0821. The fourth-order valence-corrected chi connectivity index (χ4v) is 3.57. The van der Waals surface area contributed by atoms with Crippen LogP contribution in [0, 0.1) is 5.82 Å². The number of benzene rings is 2. The fourth-order valence-electron chi connectivity index (χ4n) is 3.57. The zero-order valence-electron chi connectivity index (χ0n) is 13.1. The van der Waals surface area contributed by atoms with Crippen LogP contribution < -0.4 is 19.5 Å². The van der Waals surface area contributed by atoms with E-state index in [9.17, 15) is 4.39 Å². The van der Waals surface area contributed by atoms with Crippen molar-refractivity contribution in [2.45, 2.75) is 18.6 Å². The summed E-state index contributed by atoms with van der Waals surface area (Å²) in [6.45, 7) is 1.35. The Hall–Kier alpha value is -2.27. The van der Waals surface area contributed by atoms with Crippen molar-refractivity contribution < 1.29 is 18.6 Å². The van der Waals surface area contributed by atoms with E-state index in [1.54, 1.807) is 20.3 Å². The van der Waals surface area contributed by atoms with Crippen molar-refractivity contribution in [1.29, 1.82) is 0 Å². The van der Waals surface area contributed by atoms with Crippen LogP contribution in [-0.4, -0.2) is 20.8 Å². The molecule has 1 N–H and O–H groups in total. The average molecular weight is 315 g/mol. The van der Waals surface area contributed by atoms with Crippen LogP contribution in [0.4, 0.5) is 4.39 Å². The van der Waals surface area contributed by atoms with Crippen LogP contribution in [0.5, 0.6) is 17.2 Å². The zero-order chi connectivity index (χ0) is 16.0. The van der Waals surface area contributed by atoms with Crippen LogP contribution >= 0.6 is 0 Å². The molecule has 0 radical (unpaired) electrons. The molecule has 0 fully saturated rings. The van der Waals surface area contributed by atoms with E-state index in [-0.39, 0.29) is 5.82 Å². The summed E-state index contributed by atoms with van der Waals surface area (Å²) in [6, 6.07) is 8.90. The van der Waals surface area contributed by atoms with Gasteiger partial charge in [0.2, 0.25) is 0 Å². The van der Waals surface area contributed by atoms with Crippen LogP contribution in [0.2, 0.25) is 0 Å². The van der Waals surface area contributed by atoms with Crippen molar-refractivity contribution in [3.63, 3.8) is 0 Å². The number of fused-ring (bicyclic) bond motifs is 3. The molecule has 2 aliphatic heterocycles. The minimum absolute atomic E-state index is 0.216. The van der Waals surface area contributed by atoms with E-state index in [4.69, 9.17) is 14.2 Å². The molecular weight excluding hydrogens is 297 g/mol. The highest BCUT2D eigenvalue weighted by atomic mass is 19.1. The molecule has 0 saturated carbocycles. The second-order valence-corrected chi connectivity index (χ2v) is 5.96. The highest BCUT2D eigenvalue weighted by molar-refractivity contribution is 5.53. The van der Waals surface area contributed by atoms with Gasteiger partial charge in [0.1, 0.15) is 11.6 Å². The third kappa shape index (κ3) is 2.07. The minimum Gasteiger partial charge on any atom is -0.493 e. The van der Waals surface area contributed by atoms with Gasteiger partial charge in [-0.15, -0.1) is 0 Å². The number of hydrogen-bond donors (Lipinski definition) is 1. The molecule has 1 unspecified atom stereocenters. The Morgan fingerprint density at radius 3 is 2.70 bits per heavy atom. The second-order valence-electron chi connectivity index (χ2n) is 5.96. The van der Waals surface area contributed by atoms with E-state index in [1.807, 2.05) is 18.2 Å². The molecule has 2 heterocycles. The van der Waals surface area contributed by atoms with E-state index in [0.29, 0.717) is 35.8 Å². The van der Waals surface area contributed by atoms with Gasteiger partial charge in [-0.05, 0) is 29.8 Å². The van der Waals surface area contributed by atoms with Gasteiger partial charge in [0, 0.05) is 30.6 Å². The maximum atomic E-state index is 14.1. The van der Waals surface area contributed by atoms with Crippen molar-refractivity contribution in [1.82, 2.24) is 5.32 Å². The maximum absolute atomic E-state index is 14.1. The first-order valence-electron chi connectivity index (χ1n) is 7.59. The van der Waals surface area contributed by atoms with Crippen molar-refractivity contribution in [2.75, 3.05) is 20.8 Å². The Bertz CT molecular complexity index is 777. The zero-order valence-corrected chi connectivity index (χ0v) is 13.1. The molecule has 23 heavy (non-hydrogen) atoms. The summed E-state index contributed by atoms with van der Waals surface area (Å²) in [5, 5.41) is 3.37. The number of halogens is 1. The van der Waals surface area contributed by atoms with Crippen LogP contribution in [0.25, 0.3) is 0 Å². The number of nitrogens with one attached hydrogen (secondary N) is 1. The van der Waals surface area contributed by atoms with Gasteiger partial charge in [-0.1, -0.05) is 6.07 Å². The fraction of sp³-hybridized carbons (Fsp3) is 0.333. The first kappa shape index (κ1) is 14.3. The molecule has 0 saturated heterocycles. The Balaban J connectivity index is 1.84. The van der Waals surface area contributed by atoms with Gasteiger partial charge in [-0.25, -0.2) is 4.39 Å². The van der Waals surface area contributed by atoms with Gasteiger partial charge in [-0.2, -0.15) is 0 Å². The summed E-state index contributed by atoms with van der Waals surface area (Å²) in [5.41, 5.74) is 2.15. The van der Waals surface area contributed by atoms with Crippen molar-refractivity contribution >= 4 is 0 Å². The van der Waals surface area contributed by atoms with E-state index < -0.39 is 5.60 Å². The molecule has 2 aromatic carbocycles. The molecule has 0 amide bonds. The molecule has 5 heteroatoms. The third-order valence-electron chi connectivity index (χ3n) is 4.67. The van der Waals surface area contributed by atoms with Gasteiger partial charge >= 0.3 is 0 Å². The number of hydrogen-bond acceptors (Lipinski definition) is 4. The summed E-state index contributed by atoms with van der Waals surface area (Å²) in [4.78, 5) is 0. The largest absolute Gasteiger partial charge is 0.493 e. The summed E-state index contributed by atoms with van der Waals surface area (Å²) in [6.07, 6.45) is 0.504. The van der Waals surface area contributed by atoms with Crippen molar-refractivity contribution in [3.8, 4) is 17.2 Å². The Kier molecular flexibility index (Phi) is 3.20. The van der Waals surface area contributed by atoms with Gasteiger partial charge < -0.3 is 19.5 Å². The standard InChI is InChI=1S/C18H18FNO3/c1-21-16-6-11-9-20-10-18(13(11)7-17(16)22-2)8-12-14(19)4-3-5-15(12)23-18/h3-7,20H,8-10H2,1-2H3. The Morgan fingerprint density at radius 1 is 1.17 bits per heavy atom. The number of methoxy groups -OCH3 is 2. The highest BCUT2D eigenvalue weighted by Gasteiger charge is 2.45. The molecule has 2 aliphatic rings. The van der Waals surface area contributed by atoms with Crippen molar-refractivity contribution in [2.24, 2.45) is 0 Å². The van der Waals surface area contributed by atoms with E-state index in [2.05, 4.69) is 5.32 Å². The Labute approximate surface area is 134 Å². The molecular formula is C18H18FNO3. The van der Waals surface area contributed by atoms with E-state index >= 15 is 0 Å².